The van der Waals surface area contributed by atoms with Gasteiger partial charge in [0.15, 0.2) is 0 Å². The van der Waals surface area contributed by atoms with Crippen molar-refractivity contribution in [2.24, 2.45) is 0 Å². The summed E-state index contributed by atoms with van der Waals surface area (Å²) >= 11 is 0. The van der Waals surface area contributed by atoms with Gasteiger partial charge in [0, 0.05) is 6.07 Å². The van der Waals surface area contributed by atoms with E-state index in [1.54, 1.807) is 30.6 Å². The van der Waals surface area contributed by atoms with Crippen molar-refractivity contribution in [1.29, 1.82) is 5.26 Å². The topological polar surface area (TPSA) is 107 Å². The number of aromatic nitrogens is 2. The molecule has 0 unspecified atom stereocenters. The molecule has 8 heteroatoms. The third-order valence-electron chi connectivity index (χ3n) is 4.62. The zero-order chi connectivity index (χ0) is 21.1. The smallest absolute Gasteiger partial charge is 0.273 e. The summed E-state index contributed by atoms with van der Waals surface area (Å²) in [4.78, 5) is 14.8. The minimum absolute atomic E-state index is 0.0680. The number of nitrogens with zero attached hydrogens (tertiary/aromatic N) is 4. The van der Waals surface area contributed by atoms with E-state index >= 15 is 0 Å². The molecule has 0 aliphatic rings. The lowest BCUT2D eigenvalue weighted by atomic mass is 10.1. The van der Waals surface area contributed by atoms with Crippen LogP contribution in [-0.2, 0) is 6.54 Å². The minimum atomic E-state index is -0.485. The van der Waals surface area contributed by atoms with Gasteiger partial charge >= 0.3 is 0 Å². The Morgan fingerprint density at radius 3 is 2.90 bits per heavy atom. The summed E-state index contributed by atoms with van der Waals surface area (Å²) in [7, 11) is 1.44. The lowest BCUT2D eigenvalue weighted by Gasteiger charge is -2.05. The van der Waals surface area contributed by atoms with Crippen LogP contribution in [0.5, 0.6) is 5.75 Å². The number of ether oxygens (including phenoxy) is 1. The molecule has 0 N–H and O–H groups in total. The Balaban J connectivity index is 1.62. The summed E-state index contributed by atoms with van der Waals surface area (Å²) in [6.45, 7) is 0.355. The SMILES string of the molecule is COc1cc([N+](=O)[O-])ccc1-c1ccc(/C=C(/C#N)Cn2cnc3ccccc32)o1. The number of rotatable bonds is 6. The number of hydrogen-bond acceptors (Lipinski definition) is 6. The maximum atomic E-state index is 11.0. The van der Waals surface area contributed by atoms with Gasteiger partial charge in [-0.1, -0.05) is 12.1 Å². The Morgan fingerprint density at radius 2 is 2.13 bits per heavy atom. The first-order chi connectivity index (χ1) is 14.6. The average Bonchev–Trinajstić information content (AvgIpc) is 3.40. The third-order valence-corrected chi connectivity index (χ3v) is 4.62. The van der Waals surface area contributed by atoms with Crippen LogP contribution >= 0.6 is 0 Å². The van der Waals surface area contributed by atoms with Crippen molar-refractivity contribution >= 4 is 22.8 Å². The van der Waals surface area contributed by atoms with E-state index in [0.717, 1.165) is 11.0 Å². The van der Waals surface area contributed by atoms with Gasteiger partial charge in [0.05, 0.1) is 59.2 Å². The van der Waals surface area contributed by atoms with Crippen LogP contribution in [0.1, 0.15) is 5.76 Å². The Labute approximate surface area is 171 Å². The maximum Gasteiger partial charge on any atom is 0.273 e. The molecule has 0 atom stereocenters. The number of nitro benzene ring substituents is 1. The summed E-state index contributed by atoms with van der Waals surface area (Å²) in [5, 5.41) is 20.5. The monoisotopic (exact) mass is 400 g/mol. The molecule has 2 aromatic carbocycles. The molecule has 0 aliphatic carbocycles. The number of para-hydroxylation sites is 2. The first kappa shape index (κ1) is 19.0. The van der Waals surface area contributed by atoms with Crippen LogP contribution in [0, 0.1) is 21.4 Å². The van der Waals surface area contributed by atoms with E-state index in [4.69, 9.17) is 9.15 Å². The Morgan fingerprint density at radius 1 is 1.30 bits per heavy atom. The number of methoxy groups -OCH3 is 1. The molecule has 2 aromatic heterocycles. The van der Waals surface area contributed by atoms with Crippen molar-refractivity contribution in [3.63, 3.8) is 0 Å². The molecule has 0 radical (unpaired) electrons. The van der Waals surface area contributed by atoms with E-state index in [9.17, 15) is 15.4 Å². The van der Waals surface area contributed by atoms with Gasteiger partial charge in [0.2, 0.25) is 0 Å². The molecule has 148 valence electrons. The second-order valence-corrected chi connectivity index (χ2v) is 6.49. The third kappa shape index (κ3) is 3.64. The highest BCUT2D eigenvalue weighted by molar-refractivity contribution is 5.75. The summed E-state index contributed by atoms with van der Waals surface area (Å²) in [5.41, 5.74) is 2.81. The first-order valence-corrected chi connectivity index (χ1v) is 9.02. The normalized spacial score (nSPS) is 11.4. The number of allylic oxidation sites excluding steroid dienone is 1. The molecule has 0 fully saturated rings. The molecule has 8 nitrogen and oxygen atoms in total. The highest BCUT2D eigenvalue weighted by Gasteiger charge is 2.15. The molecular formula is C22H16N4O4. The molecule has 0 amide bonds. The van der Waals surface area contributed by atoms with Crippen LogP contribution in [0.25, 0.3) is 28.4 Å². The van der Waals surface area contributed by atoms with Crippen molar-refractivity contribution in [1.82, 2.24) is 9.55 Å². The van der Waals surface area contributed by atoms with Crippen LogP contribution < -0.4 is 4.74 Å². The molecule has 4 rings (SSSR count). The Bertz CT molecular complexity index is 1310. The van der Waals surface area contributed by atoms with E-state index < -0.39 is 4.92 Å². The average molecular weight is 400 g/mol. The van der Waals surface area contributed by atoms with Gasteiger partial charge in [-0.2, -0.15) is 5.26 Å². The molecular weight excluding hydrogens is 384 g/mol. The number of fused-ring (bicyclic) bond motifs is 1. The predicted molar refractivity (Wildman–Crippen MR) is 111 cm³/mol. The van der Waals surface area contributed by atoms with Crippen molar-refractivity contribution in [3.05, 3.63) is 82.4 Å². The Kier molecular flexibility index (Phi) is 5.01. The zero-order valence-electron chi connectivity index (χ0n) is 16.0. The Hall–Kier alpha value is -4.38. The van der Waals surface area contributed by atoms with Crippen molar-refractivity contribution in [2.75, 3.05) is 7.11 Å². The molecule has 2 heterocycles. The number of hydrogen-bond donors (Lipinski definition) is 0. The number of imidazole rings is 1. The molecule has 0 aliphatic heterocycles. The highest BCUT2D eigenvalue weighted by atomic mass is 16.6. The van der Waals surface area contributed by atoms with E-state index in [0.29, 0.717) is 35.0 Å². The summed E-state index contributed by atoms with van der Waals surface area (Å²) in [6, 6.07) is 17.7. The van der Waals surface area contributed by atoms with Gasteiger partial charge in [0.25, 0.3) is 5.69 Å². The summed E-state index contributed by atoms with van der Waals surface area (Å²) < 4.78 is 13.0. The summed E-state index contributed by atoms with van der Waals surface area (Å²) in [5.74, 6) is 1.31. The maximum absolute atomic E-state index is 11.0. The van der Waals surface area contributed by atoms with Crippen LogP contribution in [-0.4, -0.2) is 21.6 Å². The number of non-ortho nitro benzene ring substituents is 1. The van der Waals surface area contributed by atoms with E-state index in [1.165, 1.54) is 19.2 Å². The highest BCUT2D eigenvalue weighted by Crippen LogP contribution is 2.34. The fourth-order valence-electron chi connectivity index (χ4n) is 3.18. The number of benzene rings is 2. The summed E-state index contributed by atoms with van der Waals surface area (Å²) in [6.07, 6.45) is 3.36. The molecule has 0 spiro atoms. The largest absolute Gasteiger partial charge is 0.496 e. The van der Waals surface area contributed by atoms with Crippen molar-refractivity contribution in [3.8, 4) is 23.1 Å². The van der Waals surface area contributed by atoms with Gasteiger partial charge in [-0.05, 0) is 36.4 Å². The van der Waals surface area contributed by atoms with Crippen LogP contribution in [0.15, 0.2) is 70.9 Å². The van der Waals surface area contributed by atoms with Gasteiger partial charge in [0.1, 0.15) is 17.3 Å². The van der Waals surface area contributed by atoms with Gasteiger partial charge in [-0.3, -0.25) is 10.1 Å². The van der Waals surface area contributed by atoms with E-state index in [-0.39, 0.29) is 5.69 Å². The lowest BCUT2D eigenvalue weighted by molar-refractivity contribution is -0.384. The number of nitro groups is 1. The van der Waals surface area contributed by atoms with E-state index in [2.05, 4.69) is 11.1 Å². The second-order valence-electron chi connectivity index (χ2n) is 6.49. The van der Waals surface area contributed by atoms with Gasteiger partial charge in [-0.15, -0.1) is 0 Å². The molecule has 4 aromatic rings. The van der Waals surface area contributed by atoms with Gasteiger partial charge < -0.3 is 13.7 Å². The van der Waals surface area contributed by atoms with Crippen LogP contribution in [0.4, 0.5) is 5.69 Å². The van der Waals surface area contributed by atoms with Crippen molar-refractivity contribution in [2.45, 2.75) is 6.54 Å². The van der Waals surface area contributed by atoms with Crippen LogP contribution in [0.3, 0.4) is 0 Å². The fraction of sp³-hybridized carbons (Fsp3) is 0.0909. The van der Waals surface area contributed by atoms with Crippen molar-refractivity contribution < 1.29 is 14.1 Å². The van der Waals surface area contributed by atoms with Crippen LogP contribution in [0.2, 0.25) is 0 Å². The number of furan rings is 1. The lowest BCUT2D eigenvalue weighted by Crippen LogP contribution is -1.98. The first-order valence-electron chi connectivity index (χ1n) is 9.02. The quantitative estimate of drug-likeness (QED) is 0.261. The standard InChI is InChI=1S/C22H16N4O4/c1-29-22-11-16(26(27)28)6-8-18(22)21-9-7-17(30-21)10-15(12-23)13-25-14-24-19-4-2-3-5-20(19)25/h2-11,14H,13H2,1H3/b15-10-. The molecule has 0 saturated heterocycles. The number of nitriles is 1. The fourth-order valence-corrected chi connectivity index (χ4v) is 3.18. The molecule has 30 heavy (non-hydrogen) atoms. The predicted octanol–water partition coefficient (Wildman–Crippen LogP) is 4.82. The molecule has 0 bridgehead atoms. The van der Waals surface area contributed by atoms with Gasteiger partial charge in [-0.25, -0.2) is 4.98 Å². The van der Waals surface area contributed by atoms with E-state index in [1.807, 2.05) is 28.8 Å². The second kappa shape index (κ2) is 7.93. The zero-order valence-corrected chi connectivity index (χ0v) is 16.0. The minimum Gasteiger partial charge on any atom is -0.496 e. The molecule has 0 saturated carbocycles.